The van der Waals surface area contributed by atoms with Gasteiger partial charge in [0.25, 0.3) is 16.5 Å². The van der Waals surface area contributed by atoms with Crippen molar-refractivity contribution in [3.8, 4) is 0 Å². The second kappa shape index (κ2) is 13.3. The summed E-state index contributed by atoms with van der Waals surface area (Å²) in [7, 11) is -3.86. The Balaban J connectivity index is 0.00000124. The number of rotatable bonds is 7. The molecule has 41 heavy (non-hydrogen) atoms. The fourth-order valence-electron chi connectivity index (χ4n) is 5.43. The van der Waals surface area contributed by atoms with E-state index >= 15 is 0 Å². The van der Waals surface area contributed by atoms with Gasteiger partial charge in [0, 0.05) is 24.5 Å². The van der Waals surface area contributed by atoms with Crippen molar-refractivity contribution in [2.24, 2.45) is 0 Å². The first-order chi connectivity index (χ1) is 19.6. The van der Waals surface area contributed by atoms with Crippen LogP contribution in [0.4, 0.5) is 24.8 Å². The second-order valence-corrected chi connectivity index (χ2v) is 11.6. The van der Waals surface area contributed by atoms with Gasteiger partial charge in [0.1, 0.15) is 22.9 Å². The zero-order valence-electron chi connectivity index (χ0n) is 22.0. The summed E-state index contributed by atoms with van der Waals surface area (Å²) >= 11 is 0. The minimum atomic E-state index is -4.36. The maximum Gasteiger partial charge on any atom is 0.416 e. The summed E-state index contributed by atoms with van der Waals surface area (Å²) in [5.74, 6) is 0.750. The van der Waals surface area contributed by atoms with Crippen molar-refractivity contribution in [3.05, 3.63) is 72.3 Å². The van der Waals surface area contributed by atoms with Crippen LogP contribution in [-0.2, 0) is 21.0 Å². The van der Waals surface area contributed by atoms with Crippen LogP contribution in [0.5, 0.6) is 0 Å². The normalized spacial score (nSPS) is 21.4. The number of sulfonamides is 1. The highest BCUT2D eigenvalue weighted by molar-refractivity contribution is 7.92. The highest BCUT2D eigenvalue weighted by Crippen LogP contribution is 2.39. The van der Waals surface area contributed by atoms with Crippen LogP contribution in [0.3, 0.4) is 0 Å². The van der Waals surface area contributed by atoms with Gasteiger partial charge in [0.2, 0.25) is 0 Å². The molecule has 0 bridgehead atoms. The average Bonchev–Trinajstić information content (AvgIpc) is 3.49. The Morgan fingerprint density at radius 2 is 1.78 bits per heavy atom. The molecule has 1 aromatic carbocycles. The number of likely N-dealkylation sites (tertiary alicyclic amines) is 1. The molecule has 3 atom stereocenters. The van der Waals surface area contributed by atoms with E-state index in [0.717, 1.165) is 56.8 Å². The molecule has 220 valence electrons. The topological polar surface area (TPSA) is 137 Å². The van der Waals surface area contributed by atoms with E-state index in [1.54, 1.807) is 12.1 Å². The number of nitrogens with one attached hydrogen (secondary N) is 2. The van der Waals surface area contributed by atoms with Gasteiger partial charge in [-0.05, 0) is 80.9 Å². The van der Waals surface area contributed by atoms with Crippen LogP contribution in [0, 0.1) is 0 Å². The molecule has 2 aliphatic rings. The number of benzene rings is 1. The van der Waals surface area contributed by atoms with Gasteiger partial charge in [-0.25, -0.2) is 23.4 Å². The standard InChI is InChI=1S/C26H29F3N6O2S.CH2O2/c27-26(28,29)20-5-3-4-18(14-20)19-6-8-22(23(15-19)35-12-1-2-13-35)33-24-9-7-21(16-31-24)38(36,37)34-25-10-11-30-17-32-25;2-1-3/h3-5,7,9-11,14,16-17,19,22-23H,1-2,6,8,12-13,15H2,(H,31,33)(H,30,32,34);1H,(H,2,3). The maximum atomic E-state index is 13.3. The maximum absolute atomic E-state index is 13.3. The number of carbonyl (C=O) groups is 1. The Bertz CT molecular complexity index is 1390. The van der Waals surface area contributed by atoms with E-state index in [9.17, 15) is 21.6 Å². The molecule has 10 nitrogen and oxygen atoms in total. The molecule has 1 saturated carbocycles. The van der Waals surface area contributed by atoms with Crippen molar-refractivity contribution in [1.29, 1.82) is 0 Å². The van der Waals surface area contributed by atoms with Crippen molar-refractivity contribution in [2.45, 2.75) is 61.2 Å². The lowest BCUT2D eigenvalue weighted by Crippen LogP contribution is -2.49. The molecule has 3 N–H and O–H groups in total. The van der Waals surface area contributed by atoms with Gasteiger partial charge in [-0.2, -0.15) is 13.2 Å². The summed E-state index contributed by atoms with van der Waals surface area (Å²) in [4.78, 5) is 22.8. The summed E-state index contributed by atoms with van der Waals surface area (Å²) in [6.45, 7) is 1.66. The smallest absolute Gasteiger partial charge is 0.416 e. The molecule has 14 heteroatoms. The summed E-state index contributed by atoms with van der Waals surface area (Å²) in [5, 5.41) is 10.4. The van der Waals surface area contributed by atoms with Gasteiger partial charge in [0.15, 0.2) is 0 Å². The van der Waals surface area contributed by atoms with Crippen LogP contribution in [0.2, 0.25) is 0 Å². The largest absolute Gasteiger partial charge is 0.483 e. The van der Waals surface area contributed by atoms with Gasteiger partial charge in [-0.3, -0.25) is 14.4 Å². The lowest BCUT2D eigenvalue weighted by molar-refractivity contribution is -0.137. The third-order valence-corrected chi connectivity index (χ3v) is 8.65. The molecule has 2 aromatic heterocycles. The first kappa shape index (κ1) is 30.2. The fourth-order valence-corrected chi connectivity index (χ4v) is 6.38. The zero-order valence-corrected chi connectivity index (χ0v) is 22.9. The average molecular weight is 593 g/mol. The quantitative estimate of drug-likeness (QED) is 0.336. The Morgan fingerprint density at radius 3 is 2.41 bits per heavy atom. The minimum absolute atomic E-state index is 0.00556. The molecule has 2 fully saturated rings. The van der Waals surface area contributed by atoms with Crippen molar-refractivity contribution < 1.29 is 31.5 Å². The number of aromatic nitrogens is 3. The highest BCUT2D eigenvalue weighted by atomic mass is 32.2. The molecule has 5 rings (SSSR count). The molecular formula is C27H31F3N6O4S. The first-order valence-corrected chi connectivity index (χ1v) is 14.6. The minimum Gasteiger partial charge on any atom is -0.483 e. The van der Waals surface area contributed by atoms with E-state index in [1.165, 1.54) is 43.0 Å². The molecular weight excluding hydrogens is 561 g/mol. The van der Waals surface area contributed by atoms with Crippen LogP contribution in [-0.4, -0.2) is 65.0 Å². The van der Waals surface area contributed by atoms with E-state index in [2.05, 4.69) is 29.9 Å². The number of carboxylic acid groups (broad SMARTS) is 1. The summed E-state index contributed by atoms with van der Waals surface area (Å²) < 4.78 is 67.7. The number of anilines is 2. The number of hydrogen-bond donors (Lipinski definition) is 3. The van der Waals surface area contributed by atoms with Gasteiger partial charge in [-0.1, -0.05) is 18.2 Å². The number of hydrogen-bond acceptors (Lipinski definition) is 8. The molecule has 3 unspecified atom stereocenters. The highest BCUT2D eigenvalue weighted by Gasteiger charge is 2.37. The van der Waals surface area contributed by atoms with Crippen molar-refractivity contribution in [1.82, 2.24) is 19.9 Å². The van der Waals surface area contributed by atoms with Crippen LogP contribution in [0.25, 0.3) is 0 Å². The van der Waals surface area contributed by atoms with E-state index in [4.69, 9.17) is 9.90 Å². The monoisotopic (exact) mass is 592 g/mol. The Hall–Kier alpha value is -3.78. The Morgan fingerprint density at radius 1 is 1.02 bits per heavy atom. The third-order valence-electron chi connectivity index (χ3n) is 7.31. The Kier molecular flexibility index (Phi) is 9.76. The molecule has 1 aliphatic heterocycles. The predicted octanol–water partition coefficient (Wildman–Crippen LogP) is 4.60. The van der Waals surface area contributed by atoms with Gasteiger partial charge in [0.05, 0.1) is 5.56 Å². The van der Waals surface area contributed by atoms with Crippen LogP contribution in [0.1, 0.15) is 49.1 Å². The summed E-state index contributed by atoms with van der Waals surface area (Å²) in [5.41, 5.74) is 0.118. The van der Waals surface area contributed by atoms with Crippen LogP contribution in [0.15, 0.2) is 66.1 Å². The van der Waals surface area contributed by atoms with Crippen molar-refractivity contribution in [2.75, 3.05) is 23.1 Å². The van der Waals surface area contributed by atoms with E-state index in [-0.39, 0.29) is 35.2 Å². The number of nitrogens with zero attached hydrogens (tertiary/aromatic N) is 4. The Labute approximate surface area is 236 Å². The first-order valence-electron chi connectivity index (χ1n) is 13.1. The second-order valence-electron chi connectivity index (χ2n) is 9.88. The molecule has 3 aromatic rings. The number of halogens is 3. The van der Waals surface area contributed by atoms with Crippen molar-refractivity contribution in [3.63, 3.8) is 0 Å². The number of pyridine rings is 1. The molecule has 1 aliphatic carbocycles. The van der Waals surface area contributed by atoms with E-state index in [1.807, 2.05) is 0 Å². The lowest BCUT2D eigenvalue weighted by Gasteiger charge is -2.42. The summed E-state index contributed by atoms with van der Waals surface area (Å²) in [6, 6.07) is 10.4. The number of alkyl halides is 3. The molecule has 1 saturated heterocycles. The fraction of sp³-hybridized carbons (Fsp3) is 0.407. The van der Waals surface area contributed by atoms with Crippen LogP contribution >= 0.6 is 0 Å². The van der Waals surface area contributed by atoms with Crippen LogP contribution < -0.4 is 10.0 Å². The molecule has 0 spiro atoms. The molecule has 0 amide bonds. The lowest BCUT2D eigenvalue weighted by atomic mass is 9.77. The van der Waals surface area contributed by atoms with Gasteiger partial charge >= 0.3 is 6.18 Å². The molecule has 3 heterocycles. The SMILES string of the molecule is O=CO.O=S(=O)(Nc1ccncn1)c1ccc(NC2CCC(c3cccc(C(F)(F)F)c3)CC2N2CCCC2)nc1. The predicted molar refractivity (Wildman–Crippen MR) is 146 cm³/mol. The zero-order chi connectivity index (χ0) is 29.5. The summed E-state index contributed by atoms with van der Waals surface area (Å²) in [6.07, 6.45) is 4.08. The van der Waals surface area contributed by atoms with E-state index in [0.29, 0.717) is 5.82 Å². The molecule has 0 radical (unpaired) electrons. The van der Waals surface area contributed by atoms with E-state index < -0.39 is 21.8 Å². The third kappa shape index (κ3) is 7.91. The van der Waals surface area contributed by atoms with Gasteiger partial charge < -0.3 is 10.4 Å². The van der Waals surface area contributed by atoms with Gasteiger partial charge in [-0.15, -0.1) is 0 Å². The van der Waals surface area contributed by atoms with Crippen molar-refractivity contribution >= 4 is 28.1 Å².